The highest BCUT2D eigenvalue weighted by Crippen LogP contribution is 2.26. The second kappa shape index (κ2) is 5.40. The first-order valence-electron chi connectivity index (χ1n) is 6.00. The minimum Gasteiger partial charge on any atom is -0.481 e. The number of carboxylic acids is 1. The van der Waals surface area contributed by atoms with Gasteiger partial charge in [-0.1, -0.05) is 12.1 Å². The molecule has 0 bridgehead atoms. The lowest BCUT2D eigenvalue weighted by Crippen LogP contribution is -2.07. The van der Waals surface area contributed by atoms with E-state index in [1.54, 1.807) is 18.3 Å². The fraction of sp³-hybridized carbons (Fsp3) is 0.286. The molecule has 2 N–H and O–H groups in total. The van der Waals surface area contributed by atoms with Gasteiger partial charge in [-0.05, 0) is 38.0 Å². The number of anilines is 2. The van der Waals surface area contributed by atoms with Crippen molar-refractivity contribution in [2.24, 2.45) is 0 Å². The molecule has 19 heavy (non-hydrogen) atoms. The molecule has 1 heterocycles. The Hall–Kier alpha value is -1.88. The zero-order valence-electron chi connectivity index (χ0n) is 11.1. The van der Waals surface area contributed by atoms with Gasteiger partial charge in [0.15, 0.2) is 5.13 Å². The van der Waals surface area contributed by atoms with Gasteiger partial charge < -0.3 is 10.4 Å². The fourth-order valence-electron chi connectivity index (χ4n) is 1.77. The van der Waals surface area contributed by atoms with E-state index >= 15 is 0 Å². The number of aliphatic carboxylic acids is 1. The topological polar surface area (TPSA) is 62.2 Å². The number of benzene rings is 1. The van der Waals surface area contributed by atoms with Crippen LogP contribution in [0.3, 0.4) is 0 Å². The van der Waals surface area contributed by atoms with Gasteiger partial charge in [0.25, 0.3) is 0 Å². The molecule has 0 aliphatic carbocycles. The second-order valence-corrected chi connectivity index (χ2v) is 5.41. The molecule has 1 atom stereocenters. The number of carboxylic acid groups (broad SMARTS) is 1. The Balaban J connectivity index is 2.22. The molecule has 1 aromatic carbocycles. The van der Waals surface area contributed by atoms with Crippen LogP contribution < -0.4 is 5.32 Å². The van der Waals surface area contributed by atoms with Gasteiger partial charge in [0.05, 0.1) is 11.6 Å². The second-order valence-electron chi connectivity index (χ2n) is 4.55. The third kappa shape index (κ3) is 3.12. The molecule has 1 aromatic heterocycles. The molecule has 0 saturated heterocycles. The highest BCUT2D eigenvalue weighted by atomic mass is 32.1. The van der Waals surface area contributed by atoms with E-state index in [-0.39, 0.29) is 0 Å². The van der Waals surface area contributed by atoms with Crippen molar-refractivity contribution >= 4 is 28.1 Å². The Morgan fingerprint density at radius 1 is 1.42 bits per heavy atom. The summed E-state index contributed by atoms with van der Waals surface area (Å²) in [5.74, 6) is -1.30. The molecule has 2 rings (SSSR count). The van der Waals surface area contributed by atoms with Gasteiger partial charge in [0, 0.05) is 11.1 Å². The van der Waals surface area contributed by atoms with Crippen LogP contribution in [0.5, 0.6) is 0 Å². The van der Waals surface area contributed by atoms with Crippen molar-refractivity contribution in [1.82, 2.24) is 4.98 Å². The van der Waals surface area contributed by atoms with Crippen LogP contribution >= 0.6 is 11.3 Å². The zero-order chi connectivity index (χ0) is 14.0. The van der Waals surface area contributed by atoms with Crippen molar-refractivity contribution in [2.75, 3.05) is 5.32 Å². The lowest BCUT2D eigenvalue weighted by molar-refractivity contribution is -0.138. The quantitative estimate of drug-likeness (QED) is 0.894. The van der Waals surface area contributed by atoms with Crippen LogP contribution in [0.2, 0.25) is 0 Å². The number of nitrogens with zero attached hydrogens (tertiary/aromatic N) is 1. The summed E-state index contributed by atoms with van der Waals surface area (Å²) >= 11 is 1.55. The van der Waals surface area contributed by atoms with Gasteiger partial charge in [0.1, 0.15) is 0 Å². The number of thiazole rings is 1. The predicted molar refractivity (Wildman–Crippen MR) is 77.4 cm³/mol. The molecule has 0 aliphatic rings. The lowest BCUT2D eigenvalue weighted by Gasteiger charge is -2.11. The van der Waals surface area contributed by atoms with Gasteiger partial charge in [-0.2, -0.15) is 0 Å². The molecule has 0 radical (unpaired) electrons. The molecular formula is C14H16N2O2S. The largest absolute Gasteiger partial charge is 0.481 e. The first kappa shape index (κ1) is 13.5. The summed E-state index contributed by atoms with van der Waals surface area (Å²) in [6.45, 7) is 5.60. The van der Waals surface area contributed by atoms with Gasteiger partial charge in [-0.15, -0.1) is 11.3 Å². The molecule has 0 amide bonds. The highest BCUT2D eigenvalue weighted by molar-refractivity contribution is 7.13. The van der Waals surface area contributed by atoms with Crippen molar-refractivity contribution in [1.29, 1.82) is 0 Å². The van der Waals surface area contributed by atoms with E-state index in [0.29, 0.717) is 0 Å². The first-order chi connectivity index (χ1) is 8.97. The molecule has 0 fully saturated rings. The van der Waals surface area contributed by atoms with Crippen molar-refractivity contribution in [3.8, 4) is 0 Å². The van der Waals surface area contributed by atoms with E-state index in [4.69, 9.17) is 5.11 Å². The van der Waals surface area contributed by atoms with E-state index in [9.17, 15) is 4.79 Å². The molecule has 5 heteroatoms. The lowest BCUT2D eigenvalue weighted by atomic mass is 9.99. The zero-order valence-corrected chi connectivity index (χ0v) is 11.9. The number of hydrogen-bond donors (Lipinski definition) is 2. The molecule has 1 unspecified atom stereocenters. The van der Waals surface area contributed by atoms with Crippen molar-refractivity contribution < 1.29 is 9.90 Å². The SMILES string of the molecule is Cc1csc(Nc2ccc(C(C)C(=O)O)cc2C)n1. The van der Waals surface area contributed by atoms with E-state index < -0.39 is 11.9 Å². The summed E-state index contributed by atoms with van der Waals surface area (Å²) < 4.78 is 0. The average Bonchev–Trinajstić information content (AvgIpc) is 2.76. The summed E-state index contributed by atoms with van der Waals surface area (Å²) in [7, 11) is 0. The average molecular weight is 276 g/mol. The minimum absolute atomic E-state index is 0.491. The Morgan fingerprint density at radius 3 is 2.68 bits per heavy atom. The number of nitrogens with one attached hydrogen (secondary N) is 1. The number of carbonyl (C=O) groups is 1. The molecule has 2 aromatic rings. The predicted octanol–water partition coefficient (Wildman–Crippen LogP) is 3.69. The molecule has 0 spiro atoms. The monoisotopic (exact) mass is 276 g/mol. The number of aryl methyl sites for hydroxylation is 2. The standard InChI is InChI=1S/C14H16N2O2S/c1-8-6-11(10(3)13(17)18)4-5-12(8)16-14-15-9(2)7-19-14/h4-7,10H,1-3H3,(H,15,16)(H,17,18). The van der Waals surface area contributed by atoms with Crippen LogP contribution in [0.4, 0.5) is 10.8 Å². The molecule has 0 saturated carbocycles. The van der Waals surface area contributed by atoms with E-state index in [0.717, 1.165) is 27.6 Å². The summed E-state index contributed by atoms with van der Waals surface area (Å²) in [5.41, 5.74) is 3.77. The maximum Gasteiger partial charge on any atom is 0.310 e. The third-order valence-electron chi connectivity index (χ3n) is 2.98. The highest BCUT2D eigenvalue weighted by Gasteiger charge is 2.14. The van der Waals surface area contributed by atoms with E-state index in [1.165, 1.54) is 0 Å². The van der Waals surface area contributed by atoms with Crippen LogP contribution in [0, 0.1) is 13.8 Å². The van der Waals surface area contributed by atoms with Gasteiger partial charge in [-0.3, -0.25) is 4.79 Å². The van der Waals surface area contributed by atoms with Gasteiger partial charge in [-0.25, -0.2) is 4.98 Å². The Morgan fingerprint density at radius 2 is 2.16 bits per heavy atom. The number of aromatic nitrogens is 1. The van der Waals surface area contributed by atoms with Crippen molar-refractivity contribution in [3.05, 3.63) is 40.4 Å². The van der Waals surface area contributed by atoms with E-state index in [1.807, 2.05) is 37.4 Å². The van der Waals surface area contributed by atoms with Crippen LogP contribution in [0.15, 0.2) is 23.6 Å². The molecule has 100 valence electrons. The summed E-state index contributed by atoms with van der Waals surface area (Å²) in [4.78, 5) is 15.3. The summed E-state index contributed by atoms with van der Waals surface area (Å²) in [6.07, 6.45) is 0. The molecular weight excluding hydrogens is 260 g/mol. The van der Waals surface area contributed by atoms with Crippen molar-refractivity contribution in [3.63, 3.8) is 0 Å². The normalized spacial score (nSPS) is 12.2. The smallest absolute Gasteiger partial charge is 0.310 e. The number of hydrogen-bond acceptors (Lipinski definition) is 4. The van der Waals surface area contributed by atoms with Gasteiger partial charge in [0.2, 0.25) is 0 Å². The summed E-state index contributed by atoms with van der Waals surface area (Å²) in [5, 5.41) is 15.1. The Kier molecular flexibility index (Phi) is 3.85. The van der Waals surface area contributed by atoms with Crippen LogP contribution in [-0.2, 0) is 4.79 Å². The van der Waals surface area contributed by atoms with Crippen molar-refractivity contribution in [2.45, 2.75) is 26.7 Å². The van der Waals surface area contributed by atoms with Crippen LogP contribution in [-0.4, -0.2) is 16.1 Å². The minimum atomic E-state index is -0.810. The number of rotatable bonds is 4. The Bertz CT molecular complexity index is 607. The molecule has 4 nitrogen and oxygen atoms in total. The molecule has 0 aliphatic heterocycles. The van der Waals surface area contributed by atoms with Crippen LogP contribution in [0.25, 0.3) is 0 Å². The summed E-state index contributed by atoms with van der Waals surface area (Å²) in [6, 6.07) is 5.65. The van der Waals surface area contributed by atoms with E-state index in [2.05, 4.69) is 10.3 Å². The fourth-order valence-corrected chi connectivity index (χ4v) is 2.47. The Labute approximate surface area is 116 Å². The first-order valence-corrected chi connectivity index (χ1v) is 6.88. The van der Waals surface area contributed by atoms with Gasteiger partial charge >= 0.3 is 5.97 Å². The third-order valence-corrected chi connectivity index (χ3v) is 3.86. The maximum absolute atomic E-state index is 11.0. The maximum atomic E-state index is 11.0. The van der Waals surface area contributed by atoms with Crippen LogP contribution in [0.1, 0.15) is 29.7 Å².